The van der Waals surface area contributed by atoms with Crippen molar-refractivity contribution < 1.29 is 22.5 Å². The molecule has 3 aromatic rings. The topological polar surface area (TPSA) is 71.3 Å². The van der Waals surface area contributed by atoms with Gasteiger partial charge in [-0.05, 0) is 49.6 Å². The second-order valence-electron chi connectivity index (χ2n) is 7.18. The molecule has 1 saturated heterocycles. The van der Waals surface area contributed by atoms with Gasteiger partial charge < -0.3 is 14.7 Å². The van der Waals surface area contributed by atoms with Gasteiger partial charge in [-0.2, -0.15) is 18.2 Å². The molecule has 1 unspecified atom stereocenters. The van der Waals surface area contributed by atoms with Crippen molar-refractivity contribution in [3.8, 4) is 11.4 Å². The summed E-state index contributed by atoms with van der Waals surface area (Å²) in [6.07, 6.45) is -2.27. The van der Waals surface area contributed by atoms with Gasteiger partial charge in [0, 0.05) is 22.8 Å². The van der Waals surface area contributed by atoms with Gasteiger partial charge in [-0.1, -0.05) is 35.0 Å². The SMILES string of the molecule is O=C(Nc1cccc(C(F)(F)F)c1)N1CCCCC1c1nc(-c2cccc(Cl)c2)no1. The third kappa shape index (κ3) is 4.82. The van der Waals surface area contributed by atoms with Gasteiger partial charge in [0.05, 0.1) is 5.56 Å². The predicted molar refractivity (Wildman–Crippen MR) is 109 cm³/mol. The Balaban J connectivity index is 1.53. The lowest BCUT2D eigenvalue weighted by Gasteiger charge is -2.33. The van der Waals surface area contributed by atoms with E-state index in [4.69, 9.17) is 16.1 Å². The Kier molecular flexibility index (Phi) is 5.86. The number of piperidine rings is 1. The zero-order valence-corrected chi connectivity index (χ0v) is 17.0. The summed E-state index contributed by atoms with van der Waals surface area (Å²) in [6, 6.07) is 10.5. The number of halogens is 4. The number of rotatable bonds is 3. The summed E-state index contributed by atoms with van der Waals surface area (Å²) < 4.78 is 44.3. The normalized spacial score (nSPS) is 16.9. The lowest BCUT2D eigenvalue weighted by atomic mass is 10.0. The molecular formula is C21H18ClF3N4O2. The van der Waals surface area contributed by atoms with Crippen LogP contribution >= 0.6 is 11.6 Å². The minimum absolute atomic E-state index is 0.0642. The fraction of sp³-hybridized carbons (Fsp3) is 0.286. The van der Waals surface area contributed by atoms with E-state index in [2.05, 4.69) is 15.5 Å². The molecule has 2 aromatic carbocycles. The average molecular weight is 451 g/mol. The average Bonchev–Trinajstić information content (AvgIpc) is 3.23. The van der Waals surface area contributed by atoms with Crippen LogP contribution < -0.4 is 5.32 Å². The van der Waals surface area contributed by atoms with Crippen LogP contribution in [-0.4, -0.2) is 27.6 Å². The summed E-state index contributed by atoms with van der Waals surface area (Å²) in [4.78, 5) is 18.8. The largest absolute Gasteiger partial charge is 0.416 e. The third-order valence-electron chi connectivity index (χ3n) is 5.01. The van der Waals surface area contributed by atoms with Crippen LogP contribution in [-0.2, 0) is 6.18 Å². The molecule has 0 saturated carbocycles. The van der Waals surface area contributed by atoms with Crippen molar-refractivity contribution in [2.24, 2.45) is 0 Å². The first-order valence-corrected chi connectivity index (χ1v) is 10.0. The summed E-state index contributed by atoms with van der Waals surface area (Å²) in [5, 5.41) is 7.07. The molecular weight excluding hydrogens is 433 g/mol. The standard InChI is InChI=1S/C21H18ClF3N4O2/c22-15-7-3-5-13(11-15)18-27-19(31-28-18)17-9-1-2-10-29(17)20(30)26-16-8-4-6-14(12-16)21(23,24)25/h3-8,11-12,17H,1-2,9-10H2,(H,26,30). The molecule has 31 heavy (non-hydrogen) atoms. The molecule has 6 nitrogen and oxygen atoms in total. The highest BCUT2D eigenvalue weighted by Gasteiger charge is 2.33. The molecule has 1 aliphatic rings. The number of hydrogen-bond donors (Lipinski definition) is 1. The van der Waals surface area contributed by atoms with E-state index in [-0.39, 0.29) is 11.6 Å². The molecule has 2 amide bonds. The Labute approximate surface area is 181 Å². The van der Waals surface area contributed by atoms with Crippen molar-refractivity contribution in [2.75, 3.05) is 11.9 Å². The summed E-state index contributed by atoms with van der Waals surface area (Å²) in [6.45, 7) is 0.421. The fourth-order valence-corrected chi connectivity index (χ4v) is 3.71. The van der Waals surface area contributed by atoms with Gasteiger partial charge >= 0.3 is 12.2 Å². The number of nitrogens with one attached hydrogen (secondary N) is 1. The number of urea groups is 1. The minimum atomic E-state index is -4.49. The van der Waals surface area contributed by atoms with Crippen molar-refractivity contribution in [3.63, 3.8) is 0 Å². The second-order valence-corrected chi connectivity index (χ2v) is 7.62. The quantitative estimate of drug-likeness (QED) is 0.518. The van der Waals surface area contributed by atoms with Crippen molar-refractivity contribution in [2.45, 2.75) is 31.5 Å². The van der Waals surface area contributed by atoms with E-state index >= 15 is 0 Å². The molecule has 1 fully saturated rings. The van der Waals surface area contributed by atoms with Gasteiger partial charge in [0.25, 0.3) is 0 Å². The van der Waals surface area contributed by atoms with Crippen LogP contribution in [0.15, 0.2) is 53.1 Å². The molecule has 1 aliphatic heterocycles. The van der Waals surface area contributed by atoms with E-state index in [1.165, 1.54) is 17.0 Å². The Morgan fingerprint density at radius 1 is 1.16 bits per heavy atom. The Morgan fingerprint density at radius 3 is 2.74 bits per heavy atom. The lowest BCUT2D eigenvalue weighted by Crippen LogP contribution is -2.41. The summed E-state index contributed by atoms with van der Waals surface area (Å²) in [7, 11) is 0. The summed E-state index contributed by atoms with van der Waals surface area (Å²) in [5.41, 5.74) is -0.0869. The Hall–Kier alpha value is -3.07. The molecule has 162 valence electrons. The van der Waals surface area contributed by atoms with E-state index in [1.54, 1.807) is 24.3 Å². The zero-order chi connectivity index (χ0) is 22.0. The van der Waals surface area contributed by atoms with Crippen molar-refractivity contribution in [1.29, 1.82) is 0 Å². The molecule has 0 radical (unpaired) electrons. The lowest BCUT2D eigenvalue weighted by molar-refractivity contribution is -0.137. The summed E-state index contributed by atoms with van der Waals surface area (Å²) in [5.74, 6) is 0.621. The van der Waals surface area contributed by atoms with Crippen LogP contribution in [0.4, 0.5) is 23.7 Å². The Morgan fingerprint density at radius 2 is 1.97 bits per heavy atom. The van der Waals surface area contributed by atoms with Gasteiger partial charge in [-0.3, -0.25) is 0 Å². The first-order valence-electron chi connectivity index (χ1n) is 9.66. The molecule has 0 aliphatic carbocycles. The molecule has 1 N–H and O–H groups in total. The molecule has 10 heteroatoms. The van der Waals surface area contributed by atoms with Crippen molar-refractivity contribution >= 4 is 23.3 Å². The highest BCUT2D eigenvalue weighted by atomic mass is 35.5. The maximum absolute atomic E-state index is 13.0. The summed E-state index contributed by atoms with van der Waals surface area (Å²) >= 11 is 6.01. The van der Waals surface area contributed by atoms with E-state index in [1.807, 2.05) is 0 Å². The molecule has 2 heterocycles. The molecule has 0 bridgehead atoms. The number of amides is 2. The monoisotopic (exact) mass is 450 g/mol. The highest BCUT2D eigenvalue weighted by Crippen LogP contribution is 2.33. The van der Waals surface area contributed by atoms with Gasteiger partial charge in [0.15, 0.2) is 0 Å². The van der Waals surface area contributed by atoms with Gasteiger partial charge in [-0.25, -0.2) is 4.79 Å². The maximum atomic E-state index is 13.0. The number of hydrogen-bond acceptors (Lipinski definition) is 4. The van der Waals surface area contributed by atoms with Crippen LogP contribution in [0.3, 0.4) is 0 Å². The zero-order valence-electron chi connectivity index (χ0n) is 16.2. The first-order chi connectivity index (χ1) is 14.8. The van der Waals surface area contributed by atoms with Crippen LogP contribution in [0, 0.1) is 0 Å². The second kappa shape index (κ2) is 8.58. The van der Waals surface area contributed by atoms with Crippen molar-refractivity contribution in [3.05, 3.63) is 65.0 Å². The number of carbonyl (C=O) groups excluding carboxylic acids is 1. The fourth-order valence-electron chi connectivity index (χ4n) is 3.52. The van der Waals surface area contributed by atoms with Crippen molar-refractivity contribution in [1.82, 2.24) is 15.0 Å². The minimum Gasteiger partial charge on any atom is -0.337 e. The van der Waals surface area contributed by atoms with E-state index in [9.17, 15) is 18.0 Å². The number of anilines is 1. The smallest absolute Gasteiger partial charge is 0.337 e. The maximum Gasteiger partial charge on any atom is 0.416 e. The third-order valence-corrected chi connectivity index (χ3v) is 5.25. The van der Waals surface area contributed by atoms with E-state index < -0.39 is 23.8 Å². The molecule has 1 aromatic heterocycles. The van der Waals surface area contributed by atoms with Gasteiger partial charge in [0.2, 0.25) is 11.7 Å². The number of aromatic nitrogens is 2. The molecule has 0 spiro atoms. The molecule has 1 atom stereocenters. The van der Waals surface area contributed by atoms with Crippen LogP contribution in [0.5, 0.6) is 0 Å². The van der Waals surface area contributed by atoms with Crippen LogP contribution in [0.2, 0.25) is 5.02 Å². The highest BCUT2D eigenvalue weighted by molar-refractivity contribution is 6.30. The van der Waals surface area contributed by atoms with E-state index in [0.717, 1.165) is 25.0 Å². The number of likely N-dealkylation sites (tertiary alicyclic amines) is 1. The number of carbonyl (C=O) groups is 1. The van der Waals surface area contributed by atoms with Gasteiger partial charge in [0.1, 0.15) is 6.04 Å². The Bertz CT molecular complexity index is 1090. The van der Waals surface area contributed by atoms with Crippen LogP contribution in [0.1, 0.15) is 36.8 Å². The predicted octanol–water partition coefficient (Wildman–Crippen LogP) is 6.17. The van der Waals surface area contributed by atoms with Gasteiger partial charge in [-0.15, -0.1) is 0 Å². The van der Waals surface area contributed by atoms with Crippen LogP contribution in [0.25, 0.3) is 11.4 Å². The van der Waals surface area contributed by atoms with E-state index in [0.29, 0.717) is 29.4 Å². The number of benzene rings is 2. The molecule has 4 rings (SSSR count). The first kappa shape index (κ1) is 21.2. The number of alkyl halides is 3. The number of nitrogens with zero attached hydrogens (tertiary/aromatic N) is 3.